The highest BCUT2D eigenvalue weighted by atomic mass is 35.5. The Morgan fingerprint density at radius 2 is 2.29 bits per heavy atom. The molecule has 0 radical (unpaired) electrons. The summed E-state index contributed by atoms with van der Waals surface area (Å²) >= 11 is 6.20. The van der Waals surface area contributed by atoms with Gasteiger partial charge in [-0.25, -0.2) is 9.78 Å². The molecule has 0 amide bonds. The summed E-state index contributed by atoms with van der Waals surface area (Å²) in [5.74, 6) is -0.983. The van der Waals surface area contributed by atoms with Gasteiger partial charge >= 0.3 is 11.7 Å². The van der Waals surface area contributed by atoms with Gasteiger partial charge in [0.05, 0.1) is 23.2 Å². The Morgan fingerprint density at radius 1 is 1.50 bits per heavy atom. The second-order valence-corrected chi connectivity index (χ2v) is 5.45. The van der Waals surface area contributed by atoms with Gasteiger partial charge in [-0.2, -0.15) is 0 Å². The van der Waals surface area contributed by atoms with Gasteiger partial charge < -0.3 is 18.7 Å². The second kappa shape index (κ2) is 6.40. The number of carboxylic acid groups (broad SMARTS) is 1. The minimum Gasteiger partial charge on any atom is -0.481 e. The normalized spacial score (nSPS) is 12.4. The van der Waals surface area contributed by atoms with Gasteiger partial charge in [0, 0.05) is 12.6 Å². The number of aromatic nitrogens is 2. The molecule has 0 bridgehead atoms. The van der Waals surface area contributed by atoms with E-state index in [1.807, 2.05) is 0 Å². The zero-order chi connectivity index (χ0) is 17.3. The number of rotatable bonds is 6. The summed E-state index contributed by atoms with van der Waals surface area (Å²) in [4.78, 5) is 26.6. The molecule has 2 aromatic heterocycles. The lowest BCUT2D eigenvalue weighted by atomic mass is 10.3. The molecule has 8 nitrogen and oxygen atoms in total. The number of fused-ring (bicyclic) bond motifs is 1. The van der Waals surface area contributed by atoms with Gasteiger partial charge in [0.2, 0.25) is 5.89 Å². The van der Waals surface area contributed by atoms with Crippen molar-refractivity contribution in [1.29, 1.82) is 0 Å². The Balaban J connectivity index is 1.93. The molecule has 3 rings (SSSR count). The first kappa shape index (κ1) is 16.1. The number of benzene rings is 1. The van der Waals surface area contributed by atoms with E-state index in [9.17, 15) is 9.59 Å². The molecule has 0 saturated heterocycles. The van der Waals surface area contributed by atoms with Gasteiger partial charge in [0.1, 0.15) is 12.0 Å². The van der Waals surface area contributed by atoms with Crippen LogP contribution in [-0.4, -0.2) is 20.6 Å². The van der Waals surface area contributed by atoms with Gasteiger partial charge in [-0.05, 0) is 13.0 Å². The zero-order valence-electron chi connectivity index (χ0n) is 12.6. The molecular formula is C15H13ClN2O6. The predicted molar refractivity (Wildman–Crippen MR) is 83.3 cm³/mol. The fraction of sp³-hybridized carbons (Fsp3) is 0.267. The molecule has 24 heavy (non-hydrogen) atoms. The summed E-state index contributed by atoms with van der Waals surface area (Å²) in [6.07, 6.45) is 2.24. The molecule has 0 spiro atoms. The molecule has 0 fully saturated rings. The van der Waals surface area contributed by atoms with Crippen molar-refractivity contribution >= 4 is 28.7 Å². The monoisotopic (exact) mass is 352 g/mol. The minimum atomic E-state index is -1.01. The van der Waals surface area contributed by atoms with Crippen molar-refractivity contribution in [2.24, 2.45) is 0 Å². The van der Waals surface area contributed by atoms with E-state index in [0.717, 1.165) is 0 Å². The topological polar surface area (TPSA) is 108 Å². The van der Waals surface area contributed by atoms with E-state index < -0.39 is 17.8 Å². The Hall–Kier alpha value is -2.74. The average molecular weight is 353 g/mol. The number of ether oxygens (including phenoxy) is 1. The molecule has 1 aromatic carbocycles. The lowest BCUT2D eigenvalue weighted by Crippen LogP contribution is -2.16. The molecule has 126 valence electrons. The molecule has 9 heteroatoms. The molecule has 0 aliphatic heterocycles. The van der Waals surface area contributed by atoms with Crippen LogP contribution in [0.2, 0.25) is 5.02 Å². The van der Waals surface area contributed by atoms with Gasteiger partial charge in [-0.1, -0.05) is 11.6 Å². The van der Waals surface area contributed by atoms with E-state index in [0.29, 0.717) is 17.2 Å². The van der Waals surface area contributed by atoms with Crippen molar-refractivity contribution in [1.82, 2.24) is 9.55 Å². The van der Waals surface area contributed by atoms with E-state index >= 15 is 0 Å². The first-order chi connectivity index (χ1) is 11.5. The van der Waals surface area contributed by atoms with E-state index in [4.69, 9.17) is 30.3 Å². The zero-order valence-corrected chi connectivity index (χ0v) is 13.3. The van der Waals surface area contributed by atoms with Crippen LogP contribution in [0.1, 0.15) is 25.3 Å². The maximum absolute atomic E-state index is 11.9. The van der Waals surface area contributed by atoms with Crippen molar-refractivity contribution in [3.05, 3.63) is 46.1 Å². The summed E-state index contributed by atoms with van der Waals surface area (Å²) in [6.45, 7) is 1.73. The van der Waals surface area contributed by atoms with Crippen LogP contribution in [-0.2, 0) is 11.3 Å². The molecule has 1 atom stereocenters. The summed E-state index contributed by atoms with van der Waals surface area (Å²) in [6, 6.07) is 2.98. The average Bonchev–Trinajstić information content (AvgIpc) is 3.14. The Morgan fingerprint density at radius 3 is 2.96 bits per heavy atom. The SMILES string of the molecule is C[C@@H](Oc1cc2oc(=O)n(CCC(=O)O)c2cc1Cl)c1ncco1. The third kappa shape index (κ3) is 3.13. The summed E-state index contributed by atoms with van der Waals surface area (Å²) in [7, 11) is 0. The fourth-order valence-corrected chi connectivity index (χ4v) is 2.45. The number of hydrogen-bond acceptors (Lipinski definition) is 6. The highest BCUT2D eigenvalue weighted by Crippen LogP contribution is 2.32. The van der Waals surface area contributed by atoms with Crippen LogP contribution in [0.3, 0.4) is 0 Å². The highest BCUT2D eigenvalue weighted by Gasteiger charge is 2.18. The van der Waals surface area contributed by atoms with Gasteiger partial charge in [0.25, 0.3) is 0 Å². The van der Waals surface area contributed by atoms with Crippen LogP contribution in [0.25, 0.3) is 11.1 Å². The first-order valence-electron chi connectivity index (χ1n) is 7.06. The smallest absolute Gasteiger partial charge is 0.419 e. The van der Waals surface area contributed by atoms with Crippen LogP contribution in [0, 0.1) is 0 Å². The van der Waals surface area contributed by atoms with Gasteiger partial charge in [-0.15, -0.1) is 0 Å². The van der Waals surface area contributed by atoms with Crippen molar-refractivity contribution in [3.8, 4) is 5.75 Å². The minimum absolute atomic E-state index is 0.00951. The van der Waals surface area contributed by atoms with Gasteiger partial charge in [-0.3, -0.25) is 9.36 Å². The molecule has 0 aliphatic rings. The standard InChI is InChI=1S/C15H13ClN2O6/c1-8(14-17-3-5-22-14)23-11-7-12-10(6-9(11)16)18(15(21)24-12)4-2-13(19)20/h3,5-8H,2,4H2,1H3,(H,19,20)/t8-/m1/s1. The van der Waals surface area contributed by atoms with Crippen molar-refractivity contribution in [3.63, 3.8) is 0 Å². The number of carbonyl (C=O) groups is 1. The molecule has 0 unspecified atom stereocenters. The van der Waals surface area contributed by atoms with Crippen LogP contribution in [0.4, 0.5) is 0 Å². The fourth-order valence-electron chi connectivity index (χ4n) is 2.25. The summed E-state index contributed by atoms with van der Waals surface area (Å²) in [5.41, 5.74) is 0.659. The molecule has 0 aliphatic carbocycles. The lowest BCUT2D eigenvalue weighted by molar-refractivity contribution is -0.137. The molecular weight excluding hydrogens is 340 g/mol. The number of aliphatic carboxylic acids is 1. The number of carboxylic acids is 1. The number of halogens is 1. The Kier molecular flexibility index (Phi) is 4.30. The van der Waals surface area contributed by atoms with Crippen LogP contribution >= 0.6 is 11.6 Å². The van der Waals surface area contributed by atoms with E-state index in [1.54, 1.807) is 6.92 Å². The van der Waals surface area contributed by atoms with E-state index in [1.165, 1.54) is 29.2 Å². The number of oxazole rings is 2. The highest BCUT2D eigenvalue weighted by molar-refractivity contribution is 6.32. The van der Waals surface area contributed by atoms with Crippen LogP contribution in [0.15, 0.2) is 38.2 Å². The summed E-state index contributed by atoms with van der Waals surface area (Å²) in [5, 5.41) is 9.01. The molecule has 1 N–H and O–H groups in total. The number of hydrogen-bond donors (Lipinski definition) is 1. The Labute approximate surface area is 140 Å². The second-order valence-electron chi connectivity index (χ2n) is 5.04. The van der Waals surface area contributed by atoms with Gasteiger partial charge in [0.15, 0.2) is 11.7 Å². The Bertz CT molecular complexity index is 927. The molecule has 2 heterocycles. The third-order valence-corrected chi connectivity index (χ3v) is 3.67. The lowest BCUT2D eigenvalue weighted by Gasteiger charge is -2.12. The number of aryl methyl sites for hydroxylation is 1. The maximum Gasteiger partial charge on any atom is 0.419 e. The predicted octanol–water partition coefficient (Wildman–Crippen LogP) is 2.85. The molecule has 0 saturated carbocycles. The van der Waals surface area contributed by atoms with Crippen molar-refractivity contribution < 1.29 is 23.5 Å². The van der Waals surface area contributed by atoms with Crippen molar-refractivity contribution in [2.75, 3.05) is 0 Å². The maximum atomic E-state index is 11.9. The van der Waals surface area contributed by atoms with Crippen molar-refractivity contribution in [2.45, 2.75) is 26.0 Å². The van der Waals surface area contributed by atoms with E-state index in [2.05, 4.69) is 4.98 Å². The quantitative estimate of drug-likeness (QED) is 0.726. The number of nitrogens with zero attached hydrogens (tertiary/aromatic N) is 2. The molecule has 3 aromatic rings. The summed E-state index contributed by atoms with van der Waals surface area (Å²) < 4.78 is 17.2. The van der Waals surface area contributed by atoms with E-state index in [-0.39, 0.29) is 23.6 Å². The van der Waals surface area contributed by atoms with Crippen LogP contribution in [0.5, 0.6) is 5.75 Å². The first-order valence-corrected chi connectivity index (χ1v) is 7.44. The largest absolute Gasteiger partial charge is 0.481 e. The third-order valence-electron chi connectivity index (χ3n) is 3.37. The van der Waals surface area contributed by atoms with Crippen LogP contribution < -0.4 is 10.5 Å².